The molecule has 168 valence electrons. The average molecular weight is 435 g/mol. The number of methoxy groups -OCH3 is 2. The van der Waals surface area contributed by atoms with Gasteiger partial charge in [-0.25, -0.2) is 0 Å². The molecule has 0 atom stereocenters. The molecule has 0 radical (unpaired) electrons. The van der Waals surface area contributed by atoms with Crippen LogP contribution in [0.5, 0.6) is 11.5 Å². The number of aryl methyl sites for hydroxylation is 3. The van der Waals surface area contributed by atoms with E-state index in [1.807, 2.05) is 43.3 Å². The topological polar surface area (TPSA) is 78.3 Å². The van der Waals surface area contributed by atoms with E-state index in [1.54, 1.807) is 14.2 Å². The zero-order chi connectivity index (χ0) is 22.5. The molecule has 0 aliphatic carbocycles. The number of carbonyl (C=O) groups is 1. The van der Waals surface area contributed by atoms with E-state index < -0.39 is 0 Å². The van der Waals surface area contributed by atoms with E-state index in [0.717, 1.165) is 71.3 Å². The van der Waals surface area contributed by atoms with Crippen molar-refractivity contribution in [3.8, 4) is 22.9 Å². The summed E-state index contributed by atoms with van der Waals surface area (Å²) in [5, 5.41) is 11.9. The molecule has 2 aromatic carbocycles. The second-order valence-corrected chi connectivity index (χ2v) is 8.16. The van der Waals surface area contributed by atoms with Gasteiger partial charge >= 0.3 is 0 Å². The molecular formula is C25H30N4O3. The SMILES string of the molecule is COc1ccc(OC)c(CCC(=O)Nc2cc(-c3nnc4n3CCCCC4)ccc2C)c1. The number of hydrogen-bond donors (Lipinski definition) is 1. The van der Waals surface area contributed by atoms with E-state index in [1.165, 1.54) is 6.42 Å². The maximum Gasteiger partial charge on any atom is 0.224 e. The summed E-state index contributed by atoms with van der Waals surface area (Å²) in [6.07, 6.45) is 5.38. The van der Waals surface area contributed by atoms with Gasteiger partial charge < -0.3 is 19.4 Å². The number of aromatic nitrogens is 3. The van der Waals surface area contributed by atoms with Gasteiger partial charge in [-0.3, -0.25) is 4.79 Å². The normalized spacial score (nSPS) is 13.2. The first-order chi connectivity index (χ1) is 15.6. The van der Waals surface area contributed by atoms with Crippen molar-refractivity contribution in [2.75, 3.05) is 19.5 Å². The number of amides is 1. The summed E-state index contributed by atoms with van der Waals surface area (Å²) in [5.41, 5.74) is 3.73. The van der Waals surface area contributed by atoms with Gasteiger partial charge in [0.05, 0.1) is 14.2 Å². The van der Waals surface area contributed by atoms with Gasteiger partial charge in [-0.15, -0.1) is 10.2 Å². The molecule has 0 fully saturated rings. The maximum absolute atomic E-state index is 12.8. The fraction of sp³-hybridized carbons (Fsp3) is 0.400. The number of benzene rings is 2. The Kier molecular flexibility index (Phi) is 6.73. The van der Waals surface area contributed by atoms with Gasteiger partial charge in [-0.2, -0.15) is 0 Å². The van der Waals surface area contributed by atoms with Gasteiger partial charge in [-0.05, 0) is 61.6 Å². The fourth-order valence-electron chi connectivity index (χ4n) is 4.13. The summed E-state index contributed by atoms with van der Waals surface area (Å²) < 4.78 is 12.9. The zero-order valence-corrected chi connectivity index (χ0v) is 19.0. The molecule has 1 aromatic heterocycles. The first-order valence-electron chi connectivity index (χ1n) is 11.1. The predicted molar refractivity (Wildman–Crippen MR) is 124 cm³/mol. The average Bonchev–Trinajstić information content (AvgIpc) is 3.06. The van der Waals surface area contributed by atoms with E-state index in [-0.39, 0.29) is 5.91 Å². The summed E-state index contributed by atoms with van der Waals surface area (Å²) >= 11 is 0. The van der Waals surface area contributed by atoms with Crippen LogP contribution >= 0.6 is 0 Å². The van der Waals surface area contributed by atoms with Crippen LogP contribution in [-0.2, 0) is 24.2 Å². The van der Waals surface area contributed by atoms with Crippen LogP contribution in [0.4, 0.5) is 5.69 Å². The molecule has 0 bridgehead atoms. The van der Waals surface area contributed by atoms with Gasteiger partial charge in [0.25, 0.3) is 0 Å². The van der Waals surface area contributed by atoms with Gasteiger partial charge in [0, 0.05) is 30.6 Å². The maximum atomic E-state index is 12.8. The first kappa shape index (κ1) is 21.9. The Balaban J connectivity index is 1.48. The quantitative estimate of drug-likeness (QED) is 0.589. The Bertz CT molecular complexity index is 1110. The van der Waals surface area contributed by atoms with Crippen LogP contribution in [0.25, 0.3) is 11.4 Å². The lowest BCUT2D eigenvalue weighted by Gasteiger charge is -2.13. The van der Waals surface area contributed by atoms with Crippen molar-refractivity contribution in [1.82, 2.24) is 14.8 Å². The van der Waals surface area contributed by atoms with Crippen molar-refractivity contribution in [3.63, 3.8) is 0 Å². The number of fused-ring (bicyclic) bond motifs is 1. The zero-order valence-electron chi connectivity index (χ0n) is 19.0. The van der Waals surface area contributed by atoms with Crippen molar-refractivity contribution >= 4 is 11.6 Å². The van der Waals surface area contributed by atoms with E-state index in [9.17, 15) is 4.79 Å². The Morgan fingerprint density at radius 1 is 1.06 bits per heavy atom. The Labute approximate surface area is 188 Å². The highest BCUT2D eigenvalue weighted by Crippen LogP contribution is 2.28. The number of nitrogens with one attached hydrogen (secondary N) is 1. The third-order valence-electron chi connectivity index (χ3n) is 5.99. The third-order valence-corrected chi connectivity index (χ3v) is 5.99. The number of anilines is 1. The van der Waals surface area contributed by atoms with E-state index >= 15 is 0 Å². The molecule has 7 nitrogen and oxygen atoms in total. The second kappa shape index (κ2) is 9.85. The lowest BCUT2D eigenvalue weighted by Crippen LogP contribution is -2.13. The molecule has 0 saturated carbocycles. The molecule has 1 N–H and O–H groups in total. The van der Waals surface area contributed by atoms with Crippen LogP contribution in [0, 0.1) is 6.92 Å². The summed E-state index contributed by atoms with van der Waals surface area (Å²) in [6, 6.07) is 11.7. The van der Waals surface area contributed by atoms with Crippen molar-refractivity contribution in [1.29, 1.82) is 0 Å². The van der Waals surface area contributed by atoms with Crippen LogP contribution < -0.4 is 14.8 Å². The first-order valence-corrected chi connectivity index (χ1v) is 11.1. The van der Waals surface area contributed by atoms with Crippen LogP contribution in [0.15, 0.2) is 36.4 Å². The highest BCUT2D eigenvalue weighted by atomic mass is 16.5. The molecule has 0 spiro atoms. The lowest BCUT2D eigenvalue weighted by atomic mass is 10.1. The van der Waals surface area contributed by atoms with Gasteiger partial charge in [0.2, 0.25) is 5.91 Å². The van der Waals surface area contributed by atoms with Crippen molar-refractivity contribution < 1.29 is 14.3 Å². The van der Waals surface area contributed by atoms with Crippen LogP contribution in [0.3, 0.4) is 0 Å². The monoisotopic (exact) mass is 434 g/mol. The van der Waals surface area contributed by atoms with Crippen molar-refractivity contribution in [3.05, 3.63) is 53.3 Å². The Morgan fingerprint density at radius 3 is 2.75 bits per heavy atom. The Hall–Kier alpha value is -3.35. The molecule has 4 rings (SSSR count). The van der Waals surface area contributed by atoms with Gasteiger partial charge in [0.1, 0.15) is 17.3 Å². The lowest BCUT2D eigenvalue weighted by molar-refractivity contribution is -0.116. The highest BCUT2D eigenvalue weighted by molar-refractivity contribution is 5.92. The Morgan fingerprint density at radius 2 is 1.94 bits per heavy atom. The number of hydrogen-bond acceptors (Lipinski definition) is 5. The number of ether oxygens (including phenoxy) is 2. The van der Waals surface area contributed by atoms with Crippen LogP contribution in [0.1, 0.15) is 42.6 Å². The standard InChI is InChI=1S/C25H30N4O3/c1-17-8-9-19(25-28-27-23-7-5-4-6-14-29(23)25)16-21(17)26-24(30)13-10-18-15-20(31-2)11-12-22(18)32-3/h8-9,11-12,15-16H,4-7,10,13-14H2,1-3H3,(H,26,30). The van der Waals surface area contributed by atoms with E-state index in [0.29, 0.717) is 12.8 Å². The third kappa shape index (κ3) is 4.77. The van der Waals surface area contributed by atoms with Crippen molar-refractivity contribution in [2.24, 2.45) is 0 Å². The summed E-state index contributed by atoms with van der Waals surface area (Å²) in [7, 11) is 3.26. The predicted octanol–water partition coefficient (Wildman–Crippen LogP) is 4.57. The molecule has 1 aliphatic heterocycles. The highest BCUT2D eigenvalue weighted by Gasteiger charge is 2.17. The molecular weight excluding hydrogens is 404 g/mol. The van der Waals surface area contributed by atoms with Crippen LogP contribution in [0.2, 0.25) is 0 Å². The molecule has 0 unspecified atom stereocenters. The second-order valence-electron chi connectivity index (χ2n) is 8.16. The summed E-state index contributed by atoms with van der Waals surface area (Å²) in [4.78, 5) is 12.8. The van der Waals surface area contributed by atoms with Crippen molar-refractivity contribution in [2.45, 2.75) is 52.0 Å². The molecule has 3 aromatic rings. The molecule has 32 heavy (non-hydrogen) atoms. The molecule has 0 saturated heterocycles. The number of rotatable bonds is 7. The smallest absolute Gasteiger partial charge is 0.224 e. The summed E-state index contributed by atoms with van der Waals surface area (Å²) in [5.74, 6) is 3.38. The van der Waals surface area contributed by atoms with E-state index in [2.05, 4.69) is 20.1 Å². The van der Waals surface area contributed by atoms with Gasteiger partial charge in [-0.1, -0.05) is 18.6 Å². The molecule has 7 heteroatoms. The molecule has 1 amide bonds. The largest absolute Gasteiger partial charge is 0.497 e. The fourth-order valence-corrected chi connectivity index (χ4v) is 4.13. The van der Waals surface area contributed by atoms with Crippen LogP contribution in [-0.4, -0.2) is 34.9 Å². The summed E-state index contributed by atoms with van der Waals surface area (Å²) in [6.45, 7) is 2.93. The number of carbonyl (C=O) groups excluding carboxylic acids is 1. The van der Waals surface area contributed by atoms with Gasteiger partial charge in [0.15, 0.2) is 5.82 Å². The minimum absolute atomic E-state index is 0.0461. The number of nitrogens with zero attached hydrogens (tertiary/aromatic N) is 3. The molecule has 2 heterocycles. The minimum Gasteiger partial charge on any atom is -0.497 e. The van der Waals surface area contributed by atoms with E-state index in [4.69, 9.17) is 9.47 Å². The minimum atomic E-state index is -0.0461. The molecule has 1 aliphatic rings.